The number of hydrogen-bond acceptors (Lipinski definition) is 4. The molecule has 1 aromatic carbocycles. The van der Waals surface area contributed by atoms with E-state index in [4.69, 9.17) is 0 Å². The molecule has 2 unspecified atom stereocenters. The smallest absolute Gasteiger partial charge is 0.406 e. The lowest BCUT2D eigenvalue weighted by Gasteiger charge is -2.36. The number of fused-ring (bicyclic) bond motifs is 2. The highest BCUT2D eigenvalue weighted by Gasteiger charge is 2.53. The maximum atomic E-state index is 14.2. The number of rotatable bonds is 2. The molecule has 2 saturated heterocycles. The number of aliphatic hydroxyl groups is 1. The van der Waals surface area contributed by atoms with E-state index in [2.05, 4.69) is 4.74 Å². The molecule has 0 amide bonds. The lowest BCUT2D eigenvalue weighted by atomic mass is 9.85. The second kappa shape index (κ2) is 5.07. The molecule has 1 N–H and O–H groups in total. The molecule has 1 aromatic rings. The van der Waals surface area contributed by atoms with Crippen LogP contribution in [0.2, 0.25) is 0 Å². The minimum Gasteiger partial charge on any atom is -0.406 e. The minimum atomic E-state index is -4.94. The minimum absolute atomic E-state index is 0.151. The van der Waals surface area contributed by atoms with E-state index >= 15 is 0 Å². The van der Waals surface area contributed by atoms with Crippen LogP contribution in [0.4, 0.5) is 17.6 Å². The Morgan fingerprint density at radius 2 is 1.74 bits per heavy atom. The van der Waals surface area contributed by atoms with Crippen molar-refractivity contribution >= 4 is 9.84 Å². The van der Waals surface area contributed by atoms with E-state index in [-0.39, 0.29) is 18.4 Å². The number of halogens is 4. The van der Waals surface area contributed by atoms with Crippen molar-refractivity contribution in [3.63, 3.8) is 0 Å². The van der Waals surface area contributed by atoms with Crippen molar-refractivity contribution < 1.29 is 35.8 Å². The Labute approximate surface area is 130 Å². The molecule has 2 heterocycles. The summed E-state index contributed by atoms with van der Waals surface area (Å²) in [7, 11) is -3.31. The van der Waals surface area contributed by atoms with Crippen molar-refractivity contribution in [2.75, 3.05) is 0 Å². The first-order valence-corrected chi connectivity index (χ1v) is 8.63. The standard InChI is InChI=1S/C14H14F4O4S/c15-12-5-8(22-14(16,17)18)1-4-11(12)13(19)6-9-2-3-10(7-13)23(9,20)21/h1,4-5,9-10,19H,2-3,6-7H2. The summed E-state index contributed by atoms with van der Waals surface area (Å²) < 4.78 is 78.3. The molecule has 23 heavy (non-hydrogen) atoms. The summed E-state index contributed by atoms with van der Waals surface area (Å²) in [5, 5.41) is 9.21. The summed E-state index contributed by atoms with van der Waals surface area (Å²) in [5.74, 6) is -1.78. The molecule has 2 aliphatic rings. The van der Waals surface area contributed by atoms with Crippen molar-refractivity contribution in [1.29, 1.82) is 0 Å². The predicted octanol–water partition coefficient (Wildman–Crippen LogP) is 2.65. The van der Waals surface area contributed by atoms with Crippen LogP contribution in [-0.2, 0) is 15.4 Å². The molecule has 0 saturated carbocycles. The van der Waals surface area contributed by atoms with Gasteiger partial charge in [-0.3, -0.25) is 0 Å². The van der Waals surface area contributed by atoms with Crippen LogP contribution in [-0.4, -0.2) is 30.4 Å². The van der Waals surface area contributed by atoms with Gasteiger partial charge in [0.05, 0.1) is 16.1 Å². The van der Waals surface area contributed by atoms with Crippen molar-refractivity contribution in [2.24, 2.45) is 0 Å². The quantitative estimate of drug-likeness (QED) is 0.830. The Bertz CT molecular complexity index is 709. The SMILES string of the molecule is O=S1(=O)C2CCC1CC(O)(c1ccc(OC(F)(F)F)cc1F)C2. The van der Waals surface area contributed by atoms with Gasteiger partial charge in [0.25, 0.3) is 0 Å². The number of benzene rings is 1. The molecule has 0 radical (unpaired) electrons. The van der Waals surface area contributed by atoms with Crippen LogP contribution < -0.4 is 4.74 Å². The highest BCUT2D eigenvalue weighted by atomic mass is 32.2. The molecular weight excluding hydrogens is 340 g/mol. The summed E-state index contributed by atoms with van der Waals surface area (Å²) in [6, 6.07) is 2.48. The maximum Gasteiger partial charge on any atom is 0.573 e. The average molecular weight is 354 g/mol. The molecule has 0 aliphatic carbocycles. The Hall–Kier alpha value is -1.35. The van der Waals surface area contributed by atoms with Gasteiger partial charge in [0.2, 0.25) is 0 Å². The fourth-order valence-electron chi connectivity index (χ4n) is 3.54. The van der Waals surface area contributed by atoms with E-state index in [1.807, 2.05) is 0 Å². The third kappa shape index (κ3) is 2.91. The molecule has 2 bridgehead atoms. The van der Waals surface area contributed by atoms with Gasteiger partial charge >= 0.3 is 6.36 Å². The maximum absolute atomic E-state index is 14.2. The zero-order chi connectivity index (χ0) is 17.0. The molecule has 0 aromatic heterocycles. The van der Waals surface area contributed by atoms with Gasteiger partial charge in [-0.1, -0.05) is 0 Å². The second-order valence-corrected chi connectivity index (χ2v) is 8.55. The average Bonchev–Trinajstić information content (AvgIpc) is 2.57. The van der Waals surface area contributed by atoms with Crippen LogP contribution in [0.3, 0.4) is 0 Å². The van der Waals surface area contributed by atoms with Gasteiger partial charge in [-0.25, -0.2) is 12.8 Å². The van der Waals surface area contributed by atoms with Gasteiger partial charge in [0.1, 0.15) is 11.6 Å². The van der Waals surface area contributed by atoms with Crippen molar-refractivity contribution in [3.05, 3.63) is 29.6 Å². The van der Waals surface area contributed by atoms with Crippen molar-refractivity contribution in [3.8, 4) is 5.75 Å². The van der Waals surface area contributed by atoms with Crippen LogP contribution in [0.25, 0.3) is 0 Å². The summed E-state index contributed by atoms with van der Waals surface area (Å²) in [6.45, 7) is 0. The largest absolute Gasteiger partial charge is 0.573 e. The molecule has 2 aliphatic heterocycles. The van der Waals surface area contributed by atoms with Crippen molar-refractivity contribution in [1.82, 2.24) is 0 Å². The zero-order valence-corrected chi connectivity index (χ0v) is 12.6. The molecule has 2 fully saturated rings. The monoisotopic (exact) mass is 354 g/mol. The molecular formula is C14H14F4O4S. The Balaban J connectivity index is 1.90. The number of hydrogen-bond donors (Lipinski definition) is 1. The summed E-state index contributed by atoms with van der Waals surface area (Å²) >= 11 is 0. The van der Waals surface area contributed by atoms with E-state index in [1.54, 1.807) is 0 Å². The van der Waals surface area contributed by atoms with Gasteiger partial charge in [-0.15, -0.1) is 13.2 Å². The molecule has 2 atom stereocenters. The Kier molecular flexibility index (Phi) is 3.64. The van der Waals surface area contributed by atoms with E-state index in [0.29, 0.717) is 18.9 Å². The van der Waals surface area contributed by atoms with E-state index in [9.17, 15) is 31.1 Å². The summed E-state index contributed by atoms with van der Waals surface area (Å²) in [4.78, 5) is 0. The van der Waals surface area contributed by atoms with Gasteiger partial charge in [-0.05, 0) is 37.8 Å². The molecule has 4 nitrogen and oxygen atoms in total. The van der Waals surface area contributed by atoms with Crippen LogP contribution in [0.15, 0.2) is 18.2 Å². The third-order valence-electron chi connectivity index (χ3n) is 4.55. The van der Waals surface area contributed by atoms with Gasteiger partial charge in [-0.2, -0.15) is 0 Å². The first-order valence-electron chi connectivity index (χ1n) is 7.02. The topological polar surface area (TPSA) is 63.6 Å². The number of ether oxygens (including phenoxy) is 1. The molecule has 128 valence electrons. The van der Waals surface area contributed by atoms with Gasteiger partial charge in [0.15, 0.2) is 9.84 Å². The first-order chi connectivity index (χ1) is 10.5. The first kappa shape index (κ1) is 16.5. The highest BCUT2D eigenvalue weighted by Crippen LogP contribution is 2.48. The highest BCUT2D eigenvalue weighted by molar-refractivity contribution is 7.93. The Morgan fingerprint density at radius 1 is 1.17 bits per heavy atom. The number of sulfone groups is 1. The van der Waals surface area contributed by atoms with Gasteiger partial charge < -0.3 is 9.84 Å². The van der Waals surface area contributed by atoms with Crippen LogP contribution >= 0.6 is 0 Å². The normalized spacial score (nSPS) is 32.7. The van der Waals surface area contributed by atoms with E-state index in [0.717, 1.165) is 12.1 Å². The molecule has 9 heteroatoms. The lowest BCUT2D eigenvalue weighted by Crippen LogP contribution is -2.43. The second-order valence-electron chi connectivity index (χ2n) is 6.04. The fourth-order valence-corrected chi connectivity index (χ4v) is 6.03. The van der Waals surface area contributed by atoms with Crippen LogP contribution in [0, 0.1) is 5.82 Å². The summed E-state index contributed by atoms with van der Waals surface area (Å²) in [5.41, 5.74) is -1.89. The summed E-state index contributed by atoms with van der Waals surface area (Å²) in [6.07, 6.45) is -4.42. The van der Waals surface area contributed by atoms with Crippen LogP contribution in [0.1, 0.15) is 31.2 Å². The van der Waals surface area contributed by atoms with E-state index < -0.39 is 43.9 Å². The van der Waals surface area contributed by atoms with Gasteiger partial charge in [0, 0.05) is 11.6 Å². The Morgan fingerprint density at radius 3 is 2.22 bits per heavy atom. The van der Waals surface area contributed by atoms with Crippen molar-refractivity contribution in [2.45, 2.75) is 48.1 Å². The zero-order valence-electron chi connectivity index (χ0n) is 11.8. The number of alkyl halides is 3. The predicted molar refractivity (Wildman–Crippen MR) is 71.9 cm³/mol. The molecule has 0 spiro atoms. The van der Waals surface area contributed by atoms with E-state index in [1.165, 1.54) is 0 Å². The third-order valence-corrected chi connectivity index (χ3v) is 7.21. The fraction of sp³-hybridized carbons (Fsp3) is 0.571. The lowest BCUT2D eigenvalue weighted by molar-refractivity contribution is -0.274. The van der Waals surface area contributed by atoms with Crippen LogP contribution in [0.5, 0.6) is 5.75 Å². The molecule has 3 rings (SSSR count).